The number of nitrogens with one attached hydrogen (secondary N) is 1. The fraction of sp³-hybridized carbons (Fsp3) is 0.417. The predicted octanol–water partition coefficient (Wildman–Crippen LogP) is 4.58. The Balaban J connectivity index is 1.87. The Morgan fingerprint density at radius 2 is 1.74 bits per heavy atom. The van der Waals surface area contributed by atoms with Crippen LogP contribution in [-0.4, -0.2) is 38.5 Å². The first-order valence-electron chi connectivity index (χ1n) is 10.6. The molecular formula is C24H32N2O5. The summed E-state index contributed by atoms with van der Waals surface area (Å²) in [6.45, 7) is 6.94. The summed E-state index contributed by atoms with van der Waals surface area (Å²) in [6, 6.07) is 12.6. The van der Waals surface area contributed by atoms with Crippen LogP contribution in [0.2, 0.25) is 0 Å². The summed E-state index contributed by atoms with van der Waals surface area (Å²) in [5.41, 5.74) is 3.19. The molecule has 0 fully saturated rings. The molecule has 0 saturated carbocycles. The third-order valence-corrected chi connectivity index (χ3v) is 4.42. The van der Waals surface area contributed by atoms with E-state index < -0.39 is 6.10 Å². The Kier molecular flexibility index (Phi) is 10.2. The van der Waals surface area contributed by atoms with Crippen molar-refractivity contribution in [3.05, 3.63) is 48.0 Å². The number of amides is 1. The number of hydrogen-bond donors (Lipinski definition) is 1. The minimum Gasteiger partial charge on any atom is -0.497 e. The molecule has 0 spiro atoms. The second-order valence-electron chi connectivity index (χ2n) is 6.86. The third kappa shape index (κ3) is 8.20. The second kappa shape index (κ2) is 13.2. The molecule has 0 heterocycles. The van der Waals surface area contributed by atoms with Crippen molar-refractivity contribution in [1.29, 1.82) is 0 Å². The Labute approximate surface area is 184 Å². The number of carbonyl (C=O) groups is 1. The average molecular weight is 429 g/mol. The summed E-state index contributed by atoms with van der Waals surface area (Å²) >= 11 is 0. The third-order valence-electron chi connectivity index (χ3n) is 4.42. The summed E-state index contributed by atoms with van der Waals surface area (Å²) in [7, 11) is 1.59. The first kappa shape index (κ1) is 24.1. The number of hydrogen-bond acceptors (Lipinski definition) is 6. The van der Waals surface area contributed by atoms with Gasteiger partial charge in [0.1, 0.15) is 23.0 Å². The molecular weight excluding hydrogens is 396 g/mol. The van der Waals surface area contributed by atoms with Gasteiger partial charge in [-0.2, -0.15) is 5.10 Å². The molecule has 7 nitrogen and oxygen atoms in total. The summed E-state index contributed by atoms with van der Waals surface area (Å²) in [5.74, 6) is 2.33. The van der Waals surface area contributed by atoms with Gasteiger partial charge in [0.15, 0.2) is 6.10 Å². The fourth-order valence-corrected chi connectivity index (χ4v) is 2.71. The lowest BCUT2D eigenvalue weighted by molar-refractivity contribution is -0.127. The van der Waals surface area contributed by atoms with Crippen LogP contribution >= 0.6 is 0 Å². The van der Waals surface area contributed by atoms with Gasteiger partial charge >= 0.3 is 0 Å². The molecule has 0 radical (unpaired) electrons. The van der Waals surface area contributed by atoms with Gasteiger partial charge in [0, 0.05) is 5.56 Å². The minimum atomic E-state index is -0.717. The minimum absolute atomic E-state index is 0.364. The molecule has 0 aliphatic carbocycles. The molecule has 0 unspecified atom stereocenters. The average Bonchev–Trinajstić information content (AvgIpc) is 2.78. The Bertz CT molecular complexity index is 836. The molecule has 0 aromatic heterocycles. The molecule has 7 heteroatoms. The van der Waals surface area contributed by atoms with E-state index in [2.05, 4.69) is 17.5 Å². The second-order valence-corrected chi connectivity index (χ2v) is 6.86. The lowest BCUT2D eigenvalue weighted by Gasteiger charge is -2.13. The van der Waals surface area contributed by atoms with Crippen molar-refractivity contribution in [3.8, 4) is 23.0 Å². The maximum Gasteiger partial charge on any atom is 0.280 e. The first-order chi connectivity index (χ1) is 15.1. The van der Waals surface area contributed by atoms with E-state index in [0.717, 1.165) is 25.0 Å². The van der Waals surface area contributed by atoms with Gasteiger partial charge in [-0.3, -0.25) is 4.79 Å². The van der Waals surface area contributed by atoms with Crippen LogP contribution in [0.5, 0.6) is 23.0 Å². The van der Waals surface area contributed by atoms with E-state index in [9.17, 15) is 4.79 Å². The number of methoxy groups -OCH3 is 1. The summed E-state index contributed by atoms with van der Waals surface area (Å²) in [4.78, 5) is 12.3. The van der Waals surface area contributed by atoms with Crippen LogP contribution in [-0.2, 0) is 4.79 Å². The summed E-state index contributed by atoms with van der Waals surface area (Å²) in [6.07, 6.45) is 4.15. The number of hydrazone groups is 1. The monoisotopic (exact) mass is 428 g/mol. The highest BCUT2D eigenvalue weighted by atomic mass is 16.5. The van der Waals surface area contributed by atoms with Gasteiger partial charge in [-0.1, -0.05) is 19.8 Å². The Morgan fingerprint density at radius 3 is 2.42 bits per heavy atom. The zero-order valence-corrected chi connectivity index (χ0v) is 18.7. The molecule has 0 aliphatic heterocycles. The topological polar surface area (TPSA) is 78.4 Å². The van der Waals surface area contributed by atoms with Gasteiger partial charge in [0.2, 0.25) is 0 Å². The van der Waals surface area contributed by atoms with Gasteiger partial charge in [-0.15, -0.1) is 0 Å². The fourth-order valence-electron chi connectivity index (χ4n) is 2.71. The van der Waals surface area contributed by atoms with Crippen molar-refractivity contribution < 1.29 is 23.7 Å². The van der Waals surface area contributed by atoms with E-state index in [4.69, 9.17) is 18.9 Å². The van der Waals surface area contributed by atoms with E-state index in [0.29, 0.717) is 36.0 Å². The van der Waals surface area contributed by atoms with E-state index in [1.807, 2.05) is 19.1 Å². The van der Waals surface area contributed by atoms with Crippen LogP contribution in [0.25, 0.3) is 0 Å². The number of nitrogens with zero attached hydrogens (tertiary/aromatic N) is 1. The zero-order chi connectivity index (χ0) is 22.5. The van der Waals surface area contributed by atoms with Crippen molar-refractivity contribution in [3.63, 3.8) is 0 Å². The molecule has 0 bridgehead atoms. The normalized spacial score (nSPS) is 11.7. The van der Waals surface area contributed by atoms with Crippen LogP contribution in [0.15, 0.2) is 47.6 Å². The smallest absolute Gasteiger partial charge is 0.280 e. The molecule has 168 valence electrons. The lowest BCUT2D eigenvalue weighted by Crippen LogP contribution is -2.33. The summed E-state index contributed by atoms with van der Waals surface area (Å²) in [5, 5.41) is 4.03. The molecule has 2 rings (SSSR count). The predicted molar refractivity (Wildman–Crippen MR) is 121 cm³/mol. The van der Waals surface area contributed by atoms with Crippen molar-refractivity contribution in [2.45, 2.75) is 46.1 Å². The van der Waals surface area contributed by atoms with Crippen LogP contribution < -0.4 is 24.4 Å². The Hall–Kier alpha value is -3.22. The van der Waals surface area contributed by atoms with Crippen LogP contribution in [0.1, 0.15) is 45.6 Å². The molecule has 1 amide bonds. The Morgan fingerprint density at radius 1 is 1.03 bits per heavy atom. The number of ether oxygens (including phenoxy) is 4. The number of carbonyl (C=O) groups excluding carboxylic acids is 1. The van der Waals surface area contributed by atoms with E-state index in [1.165, 1.54) is 6.21 Å². The van der Waals surface area contributed by atoms with Crippen molar-refractivity contribution in [2.75, 3.05) is 20.3 Å². The van der Waals surface area contributed by atoms with Crippen LogP contribution in [0.3, 0.4) is 0 Å². The van der Waals surface area contributed by atoms with Crippen LogP contribution in [0.4, 0.5) is 0 Å². The summed E-state index contributed by atoms with van der Waals surface area (Å²) < 4.78 is 22.2. The first-order valence-corrected chi connectivity index (χ1v) is 10.6. The van der Waals surface area contributed by atoms with Gasteiger partial charge in [-0.05, 0) is 62.7 Å². The highest BCUT2D eigenvalue weighted by molar-refractivity contribution is 5.86. The lowest BCUT2D eigenvalue weighted by atomic mass is 10.2. The molecule has 1 N–H and O–H groups in total. The number of rotatable bonds is 13. The molecule has 2 aromatic rings. The number of benzene rings is 2. The molecule has 1 atom stereocenters. The van der Waals surface area contributed by atoms with Crippen molar-refractivity contribution in [2.24, 2.45) is 5.10 Å². The standard InChI is InChI=1S/C24H32N2O5/c1-5-7-8-15-30-20-9-11-21(12-10-20)31-18(3)24(27)26-25-17-19-16-22(28-4)13-14-23(19)29-6-2/h9-14,16-18H,5-8,15H2,1-4H3,(H,26,27)/b25-17+/t18-/m1/s1. The van der Waals surface area contributed by atoms with Gasteiger partial charge in [0.25, 0.3) is 5.91 Å². The molecule has 0 aliphatic rings. The highest BCUT2D eigenvalue weighted by Gasteiger charge is 2.14. The molecule has 0 saturated heterocycles. The maximum absolute atomic E-state index is 12.3. The number of unbranched alkanes of at least 4 members (excludes halogenated alkanes) is 2. The van der Waals surface area contributed by atoms with Crippen molar-refractivity contribution in [1.82, 2.24) is 5.43 Å². The van der Waals surface area contributed by atoms with E-state index in [1.54, 1.807) is 44.4 Å². The highest BCUT2D eigenvalue weighted by Crippen LogP contribution is 2.23. The van der Waals surface area contributed by atoms with Gasteiger partial charge in [-0.25, -0.2) is 5.43 Å². The largest absolute Gasteiger partial charge is 0.497 e. The van der Waals surface area contributed by atoms with E-state index in [-0.39, 0.29) is 5.91 Å². The SMILES string of the molecule is CCCCCOc1ccc(O[C@H](C)C(=O)N/N=C/c2cc(OC)ccc2OCC)cc1. The zero-order valence-electron chi connectivity index (χ0n) is 18.7. The van der Waals surface area contributed by atoms with Gasteiger partial charge in [0.05, 0.1) is 26.5 Å². The van der Waals surface area contributed by atoms with Gasteiger partial charge < -0.3 is 18.9 Å². The maximum atomic E-state index is 12.3. The molecule has 31 heavy (non-hydrogen) atoms. The van der Waals surface area contributed by atoms with Crippen molar-refractivity contribution >= 4 is 12.1 Å². The quantitative estimate of drug-likeness (QED) is 0.287. The van der Waals surface area contributed by atoms with Crippen LogP contribution in [0, 0.1) is 0 Å². The molecule has 2 aromatic carbocycles. The van der Waals surface area contributed by atoms with E-state index >= 15 is 0 Å².